The van der Waals surface area contributed by atoms with E-state index in [0.717, 1.165) is 25.7 Å². The zero-order chi connectivity index (χ0) is 10.7. The molecular weight excluding hydrogens is 176 g/mol. The molecular formula is C10H20N4. The first-order chi connectivity index (χ1) is 6.66. The number of rotatable bonds is 3. The van der Waals surface area contributed by atoms with Gasteiger partial charge in [0, 0.05) is 6.42 Å². The van der Waals surface area contributed by atoms with Crippen molar-refractivity contribution in [2.45, 2.75) is 36.9 Å². The van der Waals surface area contributed by atoms with E-state index < -0.39 is 0 Å². The Bertz CT molecular complexity index is 229. The zero-order valence-electron chi connectivity index (χ0n) is 9.28. The molecule has 1 rings (SSSR count). The van der Waals surface area contributed by atoms with Crippen molar-refractivity contribution < 1.29 is 0 Å². The topological polar surface area (TPSA) is 59.9 Å². The summed E-state index contributed by atoms with van der Waals surface area (Å²) in [6.07, 6.45) is 3.88. The van der Waals surface area contributed by atoms with Gasteiger partial charge in [-0.2, -0.15) is 5.26 Å². The van der Waals surface area contributed by atoms with Gasteiger partial charge >= 0.3 is 0 Å². The molecule has 0 bridgehead atoms. The molecule has 0 aliphatic heterocycles. The van der Waals surface area contributed by atoms with Crippen LogP contribution in [0, 0.1) is 11.3 Å². The molecule has 14 heavy (non-hydrogen) atoms. The highest BCUT2D eigenvalue weighted by atomic mass is 15.2. The van der Waals surface area contributed by atoms with Gasteiger partial charge in [-0.25, -0.2) is 0 Å². The van der Waals surface area contributed by atoms with Crippen molar-refractivity contribution in [1.29, 1.82) is 5.26 Å². The summed E-state index contributed by atoms with van der Waals surface area (Å²) in [4.78, 5) is 0. The molecule has 1 aliphatic rings. The molecule has 1 fully saturated rings. The van der Waals surface area contributed by atoms with E-state index in [9.17, 15) is 5.26 Å². The summed E-state index contributed by atoms with van der Waals surface area (Å²) in [6.45, 7) is 0. The molecule has 1 saturated carbocycles. The summed E-state index contributed by atoms with van der Waals surface area (Å²) in [5.41, 5.74) is -0.457. The van der Waals surface area contributed by atoms with Gasteiger partial charge in [0.05, 0.1) is 11.7 Å². The molecule has 0 amide bonds. The van der Waals surface area contributed by atoms with E-state index in [1.165, 1.54) is 0 Å². The molecule has 0 aromatic rings. The first-order valence-electron chi connectivity index (χ1n) is 5.14. The second-order valence-corrected chi connectivity index (χ2v) is 4.06. The first-order valence-corrected chi connectivity index (χ1v) is 5.14. The van der Waals surface area contributed by atoms with Gasteiger partial charge in [-0.15, -0.1) is 0 Å². The lowest BCUT2D eigenvalue weighted by molar-refractivity contribution is 0.146. The molecule has 4 heteroatoms. The predicted octanol–water partition coefficient (Wildman–Crippen LogP) is 0.177. The maximum absolute atomic E-state index is 9.20. The standard InChI is InChI=1S/C10H20N4/c1-12-9(8-11)5-4-6-10(7-9,13-2)14-3/h12-14H,4-7H2,1-3H3. The minimum absolute atomic E-state index is 0.0863. The number of nitriles is 1. The van der Waals surface area contributed by atoms with Gasteiger partial charge < -0.3 is 16.0 Å². The van der Waals surface area contributed by atoms with Gasteiger partial charge in [0.2, 0.25) is 0 Å². The van der Waals surface area contributed by atoms with Crippen LogP contribution in [0.25, 0.3) is 0 Å². The van der Waals surface area contributed by atoms with Crippen molar-refractivity contribution in [2.24, 2.45) is 0 Å². The highest BCUT2D eigenvalue weighted by molar-refractivity contribution is 5.13. The lowest BCUT2D eigenvalue weighted by atomic mass is 9.76. The van der Waals surface area contributed by atoms with Crippen LogP contribution in [-0.2, 0) is 0 Å². The Morgan fingerprint density at radius 1 is 1.07 bits per heavy atom. The van der Waals surface area contributed by atoms with Gasteiger partial charge in [-0.1, -0.05) is 0 Å². The van der Waals surface area contributed by atoms with Crippen molar-refractivity contribution in [2.75, 3.05) is 21.1 Å². The Kier molecular flexibility index (Phi) is 3.48. The fourth-order valence-electron chi connectivity index (χ4n) is 2.30. The molecule has 4 nitrogen and oxygen atoms in total. The molecule has 1 unspecified atom stereocenters. The molecule has 1 aliphatic carbocycles. The Morgan fingerprint density at radius 3 is 2.14 bits per heavy atom. The molecule has 0 spiro atoms. The lowest BCUT2D eigenvalue weighted by Crippen LogP contribution is -2.63. The SMILES string of the molecule is CNC1(C#N)CCCC(NC)(NC)C1. The maximum Gasteiger partial charge on any atom is 0.109 e. The number of hydrogen-bond donors (Lipinski definition) is 3. The van der Waals surface area contributed by atoms with E-state index in [1.807, 2.05) is 21.1 Å². The van der Waals surface area contributed by atoms with Crippen LogP contribution in [0.1, 0.15) is 25.7 Å². The second-order valence-electron chi connectivity index (χ2n) is 4.06. The largest absolute Gasteiger partial charge is 0.302 e. The van der Waals surface area contributed by atoms with Crippen molar-refractivity contribution in [3.63, 3.8) is 0 Å². The van der Waals surface area contributed by atoms with Crippen molar-refractivity contribution in [1.82, 2.24) is 16.0 Å². The van der Waals surface area contributed by atoms with E-state index in [1.54, 1.807) is 0 Å². The Morgan fingerprint density at radius 2 is 1.71 bits per heavy atom. The van der Waals surface area contributed by atoms with E-state index in [4.69, 9.17) is 0 Å². The van der Waals surface area contributed by atoms with Crippen LogP contribution >= 0.6 is 0 Å². The Labute approximate surface area is 86.1 Å². The summed E-state index contributed by atoms with van der Waals surface area (Å²) >= 11 is 0. The monoisotopic (exact) mass is 196 g/mol. The summed E-state index contributed by atoms with van der Waals surface area (Å²) in [5, 5.41) is 18.9. The summed E-state index contributed by atoms with van der Waals surface area (Å²) in [6, 6.07) is 2.40. The predicted molar refractivity (Wildman–Crippen MR) is 56.7 cm³/mol. The molecule has 0 heterocycles. The van der Waals surface area contributed by atoms with Gasteiger partial charge in [0.15, 0.2) is 0 Å². The zero-order valence-corrected chi connectivity index (χ0v) is 9.28. The molecule has 1 atom stereocenters. The normalized spacial score (nSPS) is 31.0. The summed E-state index contributed by atoms with van der Waals surface area (Å²) < 4.78 is 0. The average Bonchev–Trinajstić information content (AvgIpc) is 2.29. The minimum atomic E-state index is -0.371. The lowest BCUT2D eigenvalue weighted by Gasteiger charge is -2.44. The summed E-state index contributed by atoms with van der Waals surface area (Å²) in [5.74, 6) is 0. The van der Waals surface area contributed by atoms with Crippen LogP contribution in [0.2, 0.25) is 0 Å². The summed E-state index contributed by atoms with van der Waals surface area (Å²) in [7, 11) is 5.75. The van der Waals surface area contributed by atoms with Crippen LogP contribution in [0.15, 0.2) is 0 Å². The quantitative estimate of drug-likeness (QED) is 0.563. The highest BCUT2D eigenvalue weighted by Crippen LogP contribution is 2.32. The Hall–Kier alpha value is -0.630. The third kappa shape index (κ3) is 1.90. The fourth-order valence-corrected chi connectivity index (χ4v) is 2.30. The number of nitrogens with zero attached hydrogens (tertiary/aromatic N) is 1. The first kappa shape index (κ1) is 11.4. The molecule has 3 N–H and O–H groups in total. The third-order valence-corrected chi connectivity index (χ3v) is 3.46. The van der Waals surface area contributed by atoms with Crippen LogP contribution in [0.4, 0.5) is 0 Å². The van der Waals surface area contributed by atoms with E-state index in [0.29, 0.717) is 0 Å². The highest BCUT2D eigenvalue weighted by Gasteiger charge is 2.42. The number of nitrogens with one attached hydrogen (secondary N) is 3. The molecule has 0 aromatic carbocycles. The minimum Gasteiger partial charge on any atom is -0.302 e. The second kappa shape index (κ2) is 4.26. The van der Waals surface area contributed by atoms with Crippen molar-refractivity contribution >= 4 is 0 Å². The third-order valence-electron chi connectivity index (χ3n) is 3.46. The maximum atomic E-state index is 9.20. The molecule has 0 radical (unpaired) electrons. The van der Waals surface area contributed by atoms with Gasteiger partial charge in [-0.05, 0) is 40.4 Å². The van der Waals surface area contributed by atoms with Gasteiger partial charge in [-0.3, -0.25) is 0 Å². The van der Waals surface area contributed by atoms with E-state index in [-0.39, 0.29) is 11.2 Å². The molecule has 0 saturated heterocycles. The molecule has 80 valence electrons. The van der Waals surface area contributed by atoms with E-state index in [2.05, 4.69) is 22.0 Å². The van der Waals surface area contributed by atoms with Crippen molar-refractivity contribution in [3.8, 4) is 6.07 Å². The molecule has 0 aromatic heterocycles. The van der Waals surface area contributed by atoms with Crippen LogP contribution in [0.5, 0.6) is 0 Å². The van der Waals surface area contributed by atoms with E-state index >= 15 is 0 Å². The van der Waals surface area contributed by atoms with Crippen LogP contribution in [-0.4, -0.2) is 32.3 Å². The van der Waals surface area contributed by atoms with Crippen LogP contribution in [0.3, 0.4) is 0 Å². The van der Waals surface area contributed by atoms with Gasteiger partial charge in [0.25, 0.3) is 0 Å². The average molecular weight is 196 g/mol. The smallest absolute Gasteiger partial charge is 0.109 e. The number of hydrogen-bond acceptors (Lipinski definition) is 4. The van der Waals surface area contributed by atoms with Crippen LogP contribution < -0.4 is 16.0 Å². The van der Waals surface area contributed by atoms with Crippen molar-refractivity contribution in [3.05, 3.63) is 0 Å². The van der Waals surface area contributed by atoms with Gasteiger partial charge in [0.1, 0.15) is 5.54 Å². The fraction of sp³-hybridized carbons (Fsp3) is 0.900. The Balaban J connectivity index is 2.82.